The van der Waals surface area contributed by atoms with Crippen molar-refractivity contribution in [2.24, 2.45) is 5.73 Å². The van der Waals surface area contributed by atoms with E-state index >= 15 is 0 Å². The van der Waals surface area contributed by atoms with Crippen LogP contribution in [0.5, 0.6) is 0 Å². The molecule has 8 N–H and O–H groups in total. The number of aliphatic hydroxyl groups excluding tert-OH is 4. The number of carbonyl (C=O) groups excluding carboxylic acids is 3. The number of aliphatic hydroxyl groups is 4. The molecule has 0 spiro atoms. The van der Waals surface area contributed by atoms with E-state index in [1.54, 1.807) is 0 Å². The predicted molar refractivity (Wildman–Crippen MR) is 133 cm³/mol. The molecule has 0 bridgehead atoms. The van der Waals surface area contributed by atoms with E-state index in [1.165, 1.54) is 0 Å². The van der Waals surface area contributed by atoms with Crippen LogP contribution in [0.25, 0.3) is 0 Å². The molecule has 1 atom stereocenters. The monoisotopic (exact) mass is 762 g/mol. The number of carbonyl (C=O) groups is 3. The second-order valence-corrected chi connectivity index (χ2v) is 9.02. The number of hydrogen-bond donors (Lipinski definition) is 7. The Morgan fingerprint density at radius 2 is 1.47 bits per heavy atom. The molecule has 0 aliphatic rings. The van der Waals surface area contributed by atoms with Crippen LogP contribution in [-0.4, -0.2) is 83.8 Å². The van der Waals surface area contributed by atoms with E-state index in [9.17, 15) is 24.6 Å². The largest absolute Gasteiger partial charge is 0.395 e. The molecule has 11 nitrogen and oxygen atoms in total. The number of benzene rings is 1. The smallest absolute Gasteiger partial charge is 0.319 e. The van der Waals surface area contributed by atoms with Gasteiger partial charge in [-0.15, -0.1) is 0 Å². The maximum atomic E-state index is 12.8. The summed E-state index contributed by atoms with van der Waals surface area (Å²) in [5.41, 5.74) is 5.79. The highest BCUT2D eigenvalue weighted by atomic mass is 127. The van der Waals surface area contributed by atoms with Gasteiger partial charge in [0, 0.05) is 16.7 Å². The zero-order valence-electron chi connectivity index (χ0n) is 15.5. The van der Waals surface area contributed by atoms with Crippen LogP contribution in [0.1, 0.15) is 20.7 Å². The Bertz CT molecular complexity index is 810. The Morgan fingerprint density at radius 3 is 1.90 bits per heavy atom. The first kappa shape index (κ1) is 27.5. The minimum Gasteiger partial charge on any atom is -0.395 e. The van der Waals surface area contributed by atoms with Crippen LogP contribution < -0.4 is 21.3 Å². The molecule has 168 valence electrons. The van der Waals surface area contributed by atoms with Gasteiger partial charge in [0.1, 0.15) is 0 Å². The Morgan fingerprint density at radius 1 is 0.933 bits per heavy atom. The number of amides is 4. The Kier molecular flexibility index (Phi) is 12.0. The molecule has 14 heteroatoms. The predicted octanol–water partition coefficient (Wildman–Crippen LogP) is -0.817. The first-order valence-electron chi connectivity index (χ1n) is 8.46. The average Bonchev–Trinajstić information content (AvgIpc) is 2.69. The third-order valence-corrected chi connectivity index (χ3v) is 6.89. The number of nitrogens with two attached hydrogens (primary N) is 1. The summed E-state index contributed by atoms with van der Waals surface area (Å²) in [7, 11) is 0. The van der Waals surface area contributed by atoms with E-state index in [2.05, 4.69) is 10.6 Å². The molecule has 1 unspecified atom stereocenters. The lowest BCUT2D eigenvalue weighted by atomic mass is 10.1. The quantitative estimate of drug-likeness (QED) is 0.152. The molecule has 0 aliphatic heterocycles. The van der Waals surface area contributed by atoms with Crippen LogP contribution >= 0.6 is 67.8 Å². The molecule has 0 fully saturated rings. The van der Waals surface area contributed by atoms with Gasteiger partial charge >= 0.3 is 6.03 Å². The van der Waals surface area contributed by atoms with Gasteiger partial charge in [-0.25, -0.2) is 4.79 Å². The second kappa shape index (κ2) is 13.1. The highest BCUT2D eigenvalue weighted by Crippen LogP contribution is 2.38. The maximum Gasteiger partial charge on any atom is 0.319 e. The van der Waals surface area contributed by atoms with E-state index in [1.807, 2.05) is 67.8 Å². The lowest BCUT2D eigenvalue weighted by Crippen LogP contribution is -2.41. The zero-order chi connectivity index (χ0) is 23.0. The Balaban J connectivity index is 3.70. The third-order valence-electron chi connectivity index (χ3n) is 3.71. The van der Waals surface area contributed by atoms with Crippen molar-refractivity contribution in [1.29, 1.82) is 0 Å². The average molecular weight is 762 g/mol. The Labute approximate surface area is 213 Å². The molecule has 0 radical (unpaired) electrons. The van der Waals surface area contributed by atoms with Gasteiger partial charge in [-0.05, 0) is 67.8 Å². The van der Waals surface area contributed by atoms with E-state index < -0.39 is 37.2 Å². The number of urea groups is 1. The first-order chi connectivity index (χ1) is 14.1. The minimum absolute atomic E-state index is 0.0211. The molecule has 1 rings (SSSR count). The molecular formula is C16H21I3N4O7. The van der Waals surface area contributed by atoms with E-state index in [0.717, 1.165) is 4.90 Å². The number of hydrogen-bond acceptors (Lipinski definition) is 7. The number of rotatable bonds is 10. The fraction of sp³-hybridized carbons (Fsp3) is 0.438. The van der Waals surface area contributed by atoms with Crippen molar-refractivity contribution in [2.75, 3.05) is 44.4 Å². The summed E-state index contributed by atoms with van der Waals surface area (Å²) < 4.78 is 0.921. The van der Waals surface area contributed by atoms with Gasteiger partial charge in [0.15, 0.2) is 0 Å². The van der Waals surface area contributed by atoms with Crippen LogP contribution in [0, 0.1) is 10.7 Å². The molecule has 0 aromatic heterocycles. The lowest BCUT2D eigenvalue weighted by Gasteiger charge is -2.26. The molecule has 0 heterocycles. The molecule has 0 aliphatic carbocycles. The SMILES string of the molecule is NC(=O)N(CCO)c1c(I)c(C(=O)NCCO)c(I)c(C(=O)NCC(O)CO)c1I. The van der Waals surface area contributed by atoms with E-state index in [4.69, 9.17) is 15.9 Å². The van der Waals surface area contributed by atoms with E-state index in [-0.39, 0.29) is 46.6 Å². The van der Waals surface area contributed by atoms with E-state index in [0.29, 0.717) is 7.14 Å². The van der Waals surface area contributed by atoms with Crippen molar-refractivity contribution >= 4 is 91.3 Å². The summed E-state index contributed by atoms with van der Waals surface area (Å²) >= 11 is 5.53. The Hall–Kier alpha value is -0.540. The van der Waals surface area contributed by atoms with Gasteiger partial charge in [0.25, 0.3) is 11.8 Å². The minimum atomic E-state index is -1.17. The van der Waals surface area contributed by atoms with Gasteiger partial charge in [0.05, 0.1) is 56.4 Å². The van der Waals surface area contributed by atoms with Crippen molar-refractivity contribution in [1.82, 2.24) is 10.6 Å². The number of nitrogens with zero attached hydrogens (tertiary/aromatic N) is 1. The summed E-state index contributed by atoms with van der Waals surface area (Å²) in [6.45, 7) is -1.66. The van der Waals surface area contributed by atoms with Crippen LogP contribution in [0.15, 0.2) is 0 Å². The highest BCUT2D eigenvalue weighted by Gasteiger charge is 2.31. The van der Waals surface area contributed by atoms with Gasteiger partial charge in [0.2, 0.25) is 0 Å². The third kappa shape index (κ3) is 6.73. The lowest BCUT2D eigenvalue weighted by molar-refractivity contribution is 0.0800. The number of primary amides is 1. The molecule has 30 heavy (non-hydrogen) atoms. The number of halogens is 3. The second-order valence-electron chi connectivity index (χ2n) is 5.78. The van der Waals surface area contributed by atoms with Crippen molar-refractivity contribution in [2.45, 2.75) is 6.10 Å². The van der Waals surface area contributed by atoms with Crippen molar-refractivity contribution < 1.29 is 34.8 Å². The molecule has 4 amide bonds. The standard InChI is InChI=1S/C16H21I3N4O7/c17-10-8(14(28)21-1-3-24)11(18)13(23(2-4-25)16(20)30)12(19)9(10)15(29)22-5-7(27)6-26/h7,24-27H,1-6H2,(H2,20,30)(H,21,28)(H,22,29). The summed E-state index contributed by atoms with van der Waals surface area (Å²) in [6.07, 6.45) is -1.17. The van der Waals surface area contributed by atoms with Crippen LogP contribution in [0.4, 0.5) is 10.5 Å². The van der Waals surface area contributed by atoms with Crippen LogP contribution in [0.2, 0.25) is 0 Å². The first-order valence-corrected chi connectivity index (χ1v) is 11.7. The molecule has 0 saturated heterocycles. The molecular weight excluding hydrogens is 741 g/mol. The van der Waals surface area contributed by atoms with Gasteiger partial charge in [-0.3, -0.25) is 14.5 Å². The fourth-order valence-corrected chi connectivity index (χ4v) is 7.07. The van der Waals surface area contributed by atoms with Crippen molar-refractivity contribution in [3.05, 3.63) is 21.8 Å². The zero-order valence-corrected chi connectivity index (χ0v) is 22.0. The number of anilines is 1. The molecule has 1 aromatic carbocycles. The molecule has 0 saturated carbocycles. The fourth-order valence-electron chi connectivity index (χ4n) is 2.34. The summed E-state index contributed by atoms with van der Waals surface area (Å²) in [4.78, 5) is 38.6. The van der Waals surface area contributed by atoms with Crippen LogP contribution in [0.3, 0.4) is 0 Å². The van der Waals surface area contributed by atoms with Gasteiger partial charge in [-0.2, -0.15) is 0 Å². The topological polar surface area (TPSA) is 185 Å². The highest BCUT2D eigenvalue weighted by molar-refractivity contribution is 14.1. The number of nitrogens with one attached hydrogen (secondary N) is 2. The van der Waals surface area contributed by atoms with Crippen LogP contribution in [-0.2, 0) is 0 Å². The normalized spacial score (nSPS) is 11.7. The summed E-state index contributed by atoms with van der Waals surface area (Å²) in [5, 5.41) is 41.8. The maximum absolute atomic E-state index is 12.8. The van der Waals surface area contributed by atoms with Crippen molar-refractivity contribution in [3.8, 4) is 0 Å². The molecule has 1 aromatic rings. The summed E-state index contributed by atoms with van der Waals surface area (Å²) in [6, 6.07) is -0.884. The van der Waals surface area contributed by atoms with Gasteiger partial charge < -0.3 is 36.8 Å². The summed E-state index contributed by atoms with van der Waals surface area (Å²) in [5.74, 6) is -1.22. The van der Waals surface area contributed by atoms with Gasteiger partial charge in [-0.1, -0.05) is 0 Å². The van der Waals surface area contributed by atoms with Crippen molar-refractivity contribution in [3.63, 3.8) is 0 Å².